The van der Waals surface area contributed by atoms with Crippen molar-refractivity contribution >= 4 is 46.7 Å². The fraction of sp³-hybridized carbons (Fsp3) is 0.593. The third-order valence-corrected chi connectivity index (χ3v) is 7.41. The minimum Gasteiger partial charge on any atom is -0.489 e. The summed E-state index contributed by atoms with van der Waals surface area (Å²) in [6.45, 7) is 14.7. The first-order chi connectivity index (χ1) is 18.2. The van der Waals surface area contributed by atoms with Crippen LogP contribution in [0.3, 0.4) is 0 Å². The number of nitrogens with zero attached hydrogens (tertiary/aromatic N) is 6. The molecule has 4 heterocycles. The van der Waals surface area contributed by atoms with Crippen molar-refractivity contribution in [1.82, 2.24) is 24.8 Å². The van der Waals surface area contributed by atoms with E-state index in [1.165, 1.54) is 0 Å². The normalized spacial score (nSPS) is 17.5. The number of anilines is 2. The van der Waals surface area contributed by atoms with Crippen LogP contribution in [0.15, 0.2) is 6.33 Å². The standard InChI is InChI=1S/C27H36Cl2N6O4/c1-14(2)19-21(20(15(3)4)31-13-30-19)33(8)24-17-22(18(28)23(29)32-24)38-12-16-11-34(9-10-35(16)25(17)36)26(37)39-27(5,6)7/h13-16H,9-12H2,1-8H3/t16-/m1/s1. The van der Waals surface area contributed by atoms with Crippen LogP contribution in [0.4, 0.5) is 16.3 Å². The van der Waals surface area contributed by atoms with Gasteiger partial charge in [0, 0.05) is 26.7 Å². The van der Waals surface area contributed by atoms with Crippen molar-refractivity contribution in [3.63, 3.8) is 0 Å². The minimum absolute atomic E-state index is 0.0226. The van der Waals surface area contributed by atoms with Gasteiger partial charge in [0.2, 0.25) is 0 Å². The zero-order valence-corrected chi connectivity index (χ0v) is 25.2. The monoisotopic (exact) mass is 578 g/mol. The van der Waals surface area contributed by atoms with E-state index in [-0.39, 0.29) is 52.4 Å². The van der Waals surface area contributed by atoms with Crippen molar-refractivity contribution in [2.24, 2.45) is 0 Å². The molecular formula is C27H36Cl2N6O4. The first kappa shape index (κ1) is 29.1. The Morgan fingerprint density at radius 2 is 1.74 bits per heavy atom. The number of carbonyl (C=O) groups excluding carboxylic acids is 2. The second-order valence-electron chi connectivity index (χ2n) is 11.5. The molecule has 10 nitrogen and oxygen atoms in total. The molecule has 2 amide bonds. The molecule has 1 saturated heterocycles. The fourth-order valence-corrected chi connectivity index (χ4v) is 5.21. The van der Waals surface area contributed by atoms with E-state index < -0.39 is 17.7 Å². The summed E-state index contributed by atoms with van der Waals surface area (Å²) < 4.78 is 11.7. The summed E-state index contributed by atoms with van der Waals surface area (Å²) in [5.74, 6) is 0.357. The second-order valence-corrected chi connectivity index (χ2v) is 12.2. The maximum absolute atomic E-state index is 14.1. The molecule has 0 radical (unpaired) electrons. The first-order valence-electron chi connectivity index (χ1n) is 13.1. The molecule has 0 saturated carbocycles. The van der Waals surface area contributed by atoms with E-state index in [2.05, 4.69) is 42.6 Å². The molecule has 1 fully saturated rings. The fourth-order valence-electron chi connectivity index (χ4n) is 4.86. The molecule has 4 rings (SSSR count). The molecule has 0 aliphatic carbocycles. The summed E-state index contributed by atoms with van der Waals surface area (Å²) in [5, 5.41) is 0.0906. The Hall–Kier alpha value is -2.85. The Morgan fingerprint density at radius 1 is 1.13 bits per heavy atom. The minimum atomic E-state index is -0.625. The van der Waals surface area contributed by atoms with E-state index in [4.69, 9.17) is 32.7 Å². The van der Waals surface area contributed by atoms with Gasteiger partial charge in [-0.1, -0.05) is 50.9 Å². The summed E-state index contributed by atoms with van der Waals surface area (Å²) in [7, 11) is 1.82. The number of pyridine rings is 1. The number of halogens is 2. The van der Waals surface area contributed by atoms with Gasteiger partial charge in [0.1, 0.15) is 29.1 Å². The van der Waals surface area contributed by atoms with Crippen molar-refractivity contribution in [3.05, 3.63) is 33.5 Å². The van der Waals surface area contributed by atoms with Gasteiger partial charge >= 0.3 is 6.09 Å². The van der Waals surface area contributed by atoms with Gasteiger partial charge in [0.05, 0.1) is 23.1 Å². The van der Waals surface area contributed by atoms with Gasteiger partial charge in [-0.2, -0.15) is 0 Å². The number of hydrogen-bond acceptors (Lipinski definition) is 8. The van der Waals surface area contributed by atoms with E-state index in [1.807, 2.05) is 32.7 Å². The Kier molecular flexibility index (Phi) is 8.19. The highest BCUT2D eigenvalue weighted by Gasteiger charge is 2.41. The van der Waals surface area contributed by atoms with E-state index >= 15 is 0 Å². The number of piperazine rings is 1. The number of rotatable bonds is 4. The van der Waals surface area contributed by atoms with Gasteiger partial charge < -0.3 is 24.2 Å². The van der Waals surface area contributed by atoms with Crippen molar-refractivity contribution in [3.8, 4) is 5.75 Å². The zero-order valence-electron chi connectivity index (χ0n) is 23.7. The van der Waals surface area contributed by atoms with Crippen molar-refractivity contribution in [2.45, 2.75) is 71.9 Å². The van der Waals surface area contributed by atoms with Gasteiger partial charge in [-0.15, -0.1) is 0 Å². The topological polar surface area (TPSA) is 101 Å². The first-order valence-corrected chi connectivity index (χ1v) is 13.9. The Balaban J connectivity index is 1.77. The predicted octanol–water partition coefficient (Wildman–Crippen LogP) is 5.65. The Labute approximate surface area is 239 Å². The Morgan fingerprint density at radius 3 is 2.31 bits per heavy atom. The van der Waals surface area contributed by atoms with Crippen LogP contribution in [-0.2, 0) is 4.74 Å². The summed E-state index contributed by atoms with van der Waals surface area (Å²) in [4.78, 5) is 45.7. The summed E-state index contributed by atoms with van der Waals surface area (Å²) in [6, 6.07) is -0.406. The molecule has 2 aromatic rings. The lowest BCUT2D eigenvalue weighted by atomic mass is 10.0. The van der Waals surface area contributed by atoms with Crippen LogP contribution >= 0.6 is 23.2 Å². The van der Waals surface area contributed by atoms with Crippen LogP contribution in [0, 0.1) is 0 Å². The molecular weight excluding hydrogens is 543 g/mol. The van der Waals surface area contributed by atoms with Crippen LogP contribution in [0.25, 0.3) is 0 Å². The van der Waals surface area contributed by atoms with Crippen LogP contribution in [0.1, 0.15) is 82.0 Å². The molecule has 0 N–H and O–H groups in total. The lowest BCUT2D eigenvalue weighted by Gasteiger charge is -2.40. The highest BCUT2D eigenvalue weighted by atomic mass is 35.5. The molecule has 0 bridgehead atoms. The SMILES string of the molecule is CC(C)c1ncnc(C(C)C)c1N(C)c1nc(Cl)c(Cl)c2c1C(=O)N1CCN(C(=O)OC(C)(C)C)C[C@@H]1CO2. The highest BCUT2D eigenvalue weighted by Crippen LogP contribution is 2.44. The average Bonchev–Trinajstić information content (AvgIpc) is 3.00. The highest BCUT2D eigenvalue weighted by molar-refractivity contribution is 6.42. The third kappa shape index (κ3) is 5.72. The van der Waals surface area contributed by atoms with Crippen LogP contribution in [0.5, 0.6) is 5.75 Å². The van der Waals surface area contributed by atoms with Crippen molar-refractivity contribution in [2.75, 3.05) is 38.2 Å². The largest absolute Gasteiger partial charge is 0.489 e. The predicted molar refractivity (Wildman–Crippen MR) is 151 cm³/mol. The van der Waals surface area contributed by atoms with E-state index in [0.717, 1.165) is 17.1 Å². The number of amides is 2. The molecule has 2 aliphatic heterocycles. The lowest BCUT2D eigenvalue weighted by molar-refractivity contribution is 0.000956. The van der Waals surface area contributed by atoms with Gasteiger partial charge in [-0.3, -0.25) is 4.79 Å². The van der Waals surface area contributed by atoms with E-state index in [1.54, 1.807) is 16.1 Å². The van der Waals surface area contributed by atoms with Gasteiger partial charge in [0.25, 0.3) is 5.91 Å². The molecule has 39 heavy (non-hydrogen) atoms. The smallest absolute Gasteiger partial charge is 0.410 e. The number of hydrogen-bond donors (Lipinski definition) is 0. The molecule has 0 unspecified atom stereocenters. The van der Waals surface area contributed by atoms with Crippen LogP contribution < -0.4 is 9.64 Å². The number of carbonyl (C=O) groups is 2. The molecule has 212 valence electrons. The molecule has 0 spiro atoms. The molecule has 0 aromatic carbocycles. The summed E-state index contributed by atoms with van der Waals surface area (Å²) in [5.41, 5.74) is 2.00. The average molecular weight is 580 g/mol. The van der Waals surface area contributed by atoms with E-state index in [9.17, 15) is 9.59 Å². The van der Waals surface area contributed by atoms with Crippen LogP contribution in [0.2, 0.25) is 10.2 Å². The molecule has 12 heteroatoms. The van der Waals surface area contributed by atoms with Gasteiger partial charge in [-0.25, -0.2) is 19.7 Å². The van der Waals surface area contributed by atoms with E-state index in [0.29, 0.717) is 18.9 Å². The molecule has 1 atom stereocenters. The third-order valence-electron chi connectivity index (χ3n) is 6.69. The molecule has 2 aromatic heterocycles. The quantitative estimate of drug-likeness (QED) is 0.429. The second kappa shape index (κ2) is 11.0. The number of fused-ring (bicyclic) bond motifs is 2. The Bertz CT molecular complexity index is 1250. The van der Waals surface area contributed by atoms with Crippen molar-refractivity contribution in [1.29, 1.82) is 0 Å². The zero-order chi connectivity index (χ0) is 28.8. The number of aromatic nitrogens is 3. The maximum Gasteiger partial charge on any atom is 0.410 e. The summed E-state index contributed by atoms with van der Waals surface area (Å²) >= 11 is 13.1. The van der Waals surface area contributed by atoms with Crippen molar-refractivity contribution < 1.29 is 19.1 Å². The van der Waals surface area contributed by atoms with Gasteiger partial charge in [-0.05, 0) is 32.6 Å². The lowest BCUT2D eigenvalue weighted by Crippen LogP contribution is -2.58. The molecule has 2 aliphatic rings. The number of ether oxygens (including phenoxy) is 2. The maximum atomic E-state index is 14.1. The van der Waals surface area contributed by atoms with Crippen LogP contribution in [-0.4, -0.2) is 81.7 Å². The van der Waals surface area contributed by atoms with Gasteiger partial charge in [0.15, 0.2) is 16.7 Å². The summed E-state index contributed by atoms with van der Waals surface area (Å²) in [6.07, 6.45) is 1.14.